The van der Waals surface area contributed by atoms with Crippen LogP contribution in [0, 0.1) is 17.0 Å². The van der Waals surface area contributed by atoms with Crippen LogP contribution in [0.4, 0.5) is 11.4 Å². The van der Waals surface area contributed by atoms with Crippen LogP contribution in [0.2, 0.25) is 0 Å². The molecule has 1 aliphatic heterocycles. The van der Waals surface area contributed by atoms with Gasteiger partial charge in [0.2, 0.25) is 0 Å². The van der Waals surface area contributed by atoms with Gasteiger partial charge in [0.15, 0.2) is 5.75 Å². The maximum absolute atomic E-state index is 10.8. The summed E-state index contributed by atoms with van der Waals surface area (Å²) < 4.78 is 5.88. The number of rotatable bonds is 2. The van der Waals surface area contributed by atoms with Crippen molar-refractivity contribution < 1.29 is 14.8 Å². The van der Waals surface area contributed by atoms with E-state index in [9.17, 15) is 15.2 Å². The average molecular weight is 317 g/mol. The Balaban J connectivity index is 2.48. The molecule has 0 amide bonds. The third kappa shape index (κ3) is 2.28. The monoisotopic (exact) mass is 316 g/mol. The Hall–Kier alpha value is -1.34. The van der Waals surface area contributed by atoms with Gasteiger partial charge in [-0.2, -0.15) is 0 Å². The van der Waals surface area contributed by atoms with Crippen LogP contribution in [0.1, 0.15) is 5.56 Å². The van der Waals surface area contributed by atoms with Crippen LogP contribution in [0.3, 0.4) is 0 Å². The van der Waals surface area contributed by atoms with Gasteiger partial charge < -0.3 is 14.7 Å². The fourth-order valence-electron chi connectivity index (χ4n) is 2.05. The molecule has 0 radical (unpaired) electrons. The molecule has 0 unspecified atom stereocenters. The van der Waals surface area contributed by atoms with Gasteiger partial charge in [0.05, 0.1) is 23.8 Å². The van der Waals surface area contributed by atoms with Gasteiger partial charge in [0, 0.05) is 29.2 Å². The Morgan fingerprint density at radius 1 is 1.50 bits per heavy atom. The minimum atomic E-state index is -0.587. The van der Waals surface area contributed by atoms with Crippen molar-refractivity contribution >= 4 is 27.3 Å². The van der Waals surface area contributed by atoms with E-state index in [2.05, 4.69) is 15.9 Å². The van der Waals surface area contributed by atoms with Crippen LogP contribution in [0.25, 0.3) is 0 Å². The number of nitro groups is 1. The molecule has 1 saturated heterocycles. The summed E-state index contributed by atoms with van der Waals surface area (Å²) in [4.78, 5) is 12.3. The highest BCUT2D eigenvalue weighted by Gasteiger charge is 2.24. The van der Waals surface area contributed by atoms with E-state index in [0.29, 0.717) is 36.3 Å². The van der Waals surface area contributed by atoms with Crippen LogP contribution >= 0.6 is 15.9 Å². The zero-order chi connectivity index (χ0) is 13.3. The Morgan fingerprint density at radius 2 is 2.11 bits per heavy atom. The number of phenols is 1. The van der Waals surface area contributed by atoms with Crippen molar-refractivity contribution in [3.05, 3.63) is 26.2 Å². The van der Waals surface area contributed by atoms with Gasteiger partial charge in [-0.05, 0) is 22.9 Å². The molecule has 7 heteroatoms. The molecule has 0 saturated carbocycles. The lowest BCUT2D eigenvalue weighted by Gasteiger charge is -2.31. The highest BCUT2D eigenvalue weighted by atomic mass is 79.9. The van der Waals surface area contributed by atoms with Crippen LogP contribution in [-0.4, -0.2) is 36.3 Å². The molecule has 1 aromatic rings. The quantitative estimate of drug-likeness (QED) is 0.668. The minimum Gasteiger partial charge on any atom is -0.502 e. The van der Waals surface area contributed by atoms with Crippen molar-refractivity contribution in [2.24, 2.45) is 0 Å². The van der Waals surface area contributed by atoms with Crippen molar-refractivity contribution in [3.63, 3.8) is 0 Å². The summed E-state index contributed by atoms with van der Waals surface area (Å²) in [5.41, 5.74) is 1.02. The zero-order valence-corrected chi connectivity index (χ0v) is 11.4. The lowest BCUT2D eigenvalue weighted by atomic mass is 10.1. The first-order valence-corrected chi connectivity index (χ1v) is 6.31. The Kier molecular flexibility index (Phi) is 3.72. The predicted octanol–water partition coefficient (Wildman–Crippen LogP) is 2.21. The summed E-state index contributed by atoms with van der Waals surface area (Å²) in [6, 6.07) is 1.34. The van der Waals surface area contributed by atoms with Crippen molar-refractivity contribution in [1.29, 1.82) is 0 Å². The van der Waals surface area contributed by atoms with Crippen LogP contribution < -0.4 is 4.90 Å². The molecular weight excluding hydrogens is 304 g/mol. The number of nitro benzene ring substituents is 1. The van der Waals surface area contributed by atoms with Gasteiger partial charge in [-0.15, -0.1) is 0 Å². The smallest absolute Gasteiger partial charge is 0.312 e. The molecule has 0 aromatic heterocycles. The maximum Gasteiger partial charge on any atom is 0.312 e. The van der Waals surface area contributed by atoms with E-state index in [0.717, 1.165) is 5.69 Å². The molecular formula is C11H13BrN2O4. The molecule has 1 heterocycles. The van der Waals surface area contributed by atoms with Gasteiger partial charge in [0.25, 0.3) is 0 Å². The van der Waals surface area contributed by atoms with E-state index >= 15 is 0 Å². The van der Waals surface area contributed by atoms with E-state index in [4.69, 9.17) is 4.74 Å². The molecule has 1 fully saturated rings. The van der Waals surface area contributed by atoms with Gasteiger partial charge >= 0.3 is 5.69 Å². The molecule has 0 spiro atoms. The Labute approximate surface area is 112 Å². The first kappa shape index (κ1) is 13.1. The number of morpholine rings is 1. The number of halogens is 1. The summed E-state index contributed by atoms with van der Waals surface area (Å²) in [6.45, 7) is 4.32. The molecule has 1 aliphatic rings. The van der Waals surface area contributed by atoms with Crippen LogP contribution in [-0.2, 0) is 4.74 Å². The first-order chi connectivity index (χ1) is 8.52. The van der Waals surface area contributed by atoms with E-state index in [-0.39, 0.29) is 11.4 Å². The Bertz CT molecular complexity index is 486. The molecule has 0 bridgehead atoms. The molecule has 98 valence electrons. The SMILES string of the molecule is Cc1c(O)c([N+](=O)[O-])cc(Br)c1N1CCOCC1. The van der Waals surface area contributed by atoms with Crippen molar-refractivity contribution in [2.75, 3.05) is 31.2 Å². The number of nitrogens with zero attached hydrogens (tertiary/aromatic N) is 2. The standard InChI is InChI=1S/C11H13BrN2O4/c1-7-10(13-2-4-18-5-3-13)8(12)6-9(11(7)15)14(16)17/h6,15H,2-5H2,1H3. The lowest BCUT2D eigenvalue weighted by Crippen LogP contribution is -2.36. The number of ether oxygens (including phenoxy) is 1. The van der Waals surface area contributed by atoms with E-state index in [1.807, 2.05) is 4.90 Å². The number of hydrogen-bond donors (Lipinski definition) is 1. The topological polar surface area (TPSA) is 75.8 Å². The summed E-state index contributed by atoms with van der Waals surface area (Å²) in [6.07, 6.45) is 0. The normalized spacial score (nSPS) is 15.8. The van der Waals surface area contributed by atoms with Gasteiger partial charge in [-0.3, -0.25) is 10.1 Å². The van der Waals surface area contributed by atoms with E-state index in [1.165, 1.54) is 6.07 Å². The fraction of sp³-hybridized carbons (Fsp3) is 0.455. The largest absolute Gasteiger partial charge is 0.502 e. The molecule has 6 nitrogen and oxygen atoms in total. The number of phenolic OH excluding ortho intramolecular Hbond substituents is 1. The third-order valence-electron chi connectivity index (χ3n) is 2.97. The van der Waals surface area contributed by atoms with Crippen molar-refractivity contribution in [2.45, 2.75) is 6.92 Å². The number of benzene rings is 1. The average Bonchev–Trinajstić information content (AvgIpc) is 2.35. The Morgan fingerprint density at radius 3 is 2.67 bits per heavy atom. The highest BCUT2D eigenvalue weighted by molar-refractivity contribution is 9.10. The highest BCUT2D eigenvalue weighted by Crippen LogP contribution is 2.41. The van der Waals surface area contributed by atoms with E-state index < -0.39 is 4.92 Å². The maximum atomic E-state index is 10.8. The summed E-state index contributed by atoms with van der Waals surface area (Å²) in [5.74, 6) is -0.273. The fourth-order valence-corrected chi connectivity index (χ4v) is 2.82. The first-order valence-electron chi connectivity index (χ1n) is 5.51. The zero-order valence-electron chi connectivity index (χ0n) is 9.85. The van der Waals surface area contributed by atoms with Crippen molar-refractivity contribution in [1.82, 2.24) is 0 Å². The molecule has 1 aromatic carbocycles. The molecule has 2 rings (SSSR count). The van der Waals surface area contributed by atoms with E-state index in [1.54, 1.807) is 6.92 Å². The molecule has 1 N–H and O–H groups in total. The summed E-state index contributed by atoms with van der Waals surface area (Å²) in [5, 5.41) is 20.7. The second-order valence-corrected chi connectivity index (χ2v) is 4.91. The number of anilines is 1. The molecule has 0 atom stereocenters. The molecule has 18 heavy (non-hydrogen) atoms. The van der Waals surface area contributed by atoms with Crippen LogP contribution in [0.5, 0.6) is 5.75 Å². The second-order valence-electron chi connectivity index (χ2n) is 4.06. The van der Waals surface area contributed by atoms with Gasteiger partial charge in [0.1, 0.15) is 0 Å². The predicted molar refractivity (Wildman–Crippen MR) is 70.2 cm³/mol. The summed E-state index contributed by atoms with van der Waals surface area (Å²) in [7, 11) is 0. The number of hydrogen-bond acceptors (Lipinski definition) is 5. The lowest BCUT2D eigenvalue weighted by molar-refractivity contribution is -0.386. The third-order valence-corrected chi connectivity index (χ3v) is 3.57. The van der Waals surface area contributed by atoms with Crippen LogP contribution in [0.15, 0.2) is 10.5 Å². The molecule has 0 aliphatic carbocycles. The summed E-state index contributed by atoms with van der Waals surface area (Å²) >= 11 is 3.34. The van der Waals surface area contributed by atoms with Gasteiger partial charge in [-0.1, -0.05) is 0 Å². The second kappa shape index (κ2) is 5.11. The minimum absolute atomic E-state index is 0.273. The number of aromatic hydroxyl groups is 1. The van der Waals surface area contributed by atoms with Gasteiger partial charge in [-0.25, -0.2) is 0 Å². The van der Waals surface area contributed by atoms with Crippen molar-refractivity contribution in [3.8, 4) is 5.75 Å².